The number of anilines is 1. The lowest BCUT2D eigenvalue weighted by Gasteiger charge is -2.14. The van der Waals surface area contributed by atoms with Gasteiger partial charge in [0.2, 0.25) is 0 Å². The number of aryl methyl sites for hydroxylation is 1. The van der Waals surface area contributed by atoms with Crippen LogP contribution in [0.4, 0.5) is 5.69 Å². The molecule has 0 radical (unpaired) electrons. The molecule has 0 aliphatic carbocycles. The summed E-state index contributed by atoms with van der Waals surface area (Å²) in [6.07, 6.45) is 1.47. The summed E-state index contributed by atoms with van der Waals surface area (Å²) in [5.41, 5.74) is 2.95. The van der Waals surface area contributed by atoms with Crippen molar-refractivity contribution in [2.75, 3.05) is 12.4 Å². The molecule has 0 unspecified atom stereocenters. The van der Waals surface area contributed by atoms with Crippen LogP contribution in [0, 0.1) is 21.8 Å². The Morgan fingerprint density at radius 3 is 2.42 bits per heavy atom. The van der Waals surface area contributed by atoms with Crippen LogP contribution in [0.25, 0.3) is 6.08 Å². The van der Waals surface area contributed by atoms with Gasteiger partial charge in [0.05, 0.1) is 26.4 Å². The zero-order valence-electron chi connectivity index (χ0n) is 17.8. The van der Waals surface area contributed by atoms with Crippen LogP contribution in [-0.2, 0) is 11.4 Å². The molecule has 0 heterocycles. The molecule has 33 heavy (non-hydrogen) atoms. The summed E-state index contributed by atoms with van der Waals surface area (Å²) in [5.74, 6) is 0.454. The monoisotopic (exact) mass is 592 g/mol. The zero-order chi connectivity index (χ0) is 24.0. The van der Waals surface area contributed by atoms with Crippen LogP contribution in [0.2, 0.25) is 10.0 Å². The van der Waals surface area contributed by atoms with Crippen LogP contribution in [-0.4, -0.2) is 13.0 Å². The Hall–Kier alpha value is -2.73. The number of methoxy groups -OCH3 is 1. The van der Waals surface area contributed by atoms with E-state index in [2.05, 4.69) is 27.9 Å². The van der Waals surface area contributed by atoms with Crippen LogP contribution in [0.5, 0.6) is 11.5 Å². The molecule has 0 spiro atoms. The number of carbonyl (C=O) groups is 1. The second kappa shape index (κ2) is 11.4. The molecule has 3 aromatic rings. The molecule has 0 bridgehead atoms. The number of halogens is 3. The number of hydrogen-bond donors (Lipinski definition) is 1. The summed E-state index contributed by atoms with van der Waals surface area (Å²) in [4.78, 5) is 12.7. The lowest BCUT2D eigenvalue weighted by molar-refractivity contribution is -0.112. The number of carbonyl (C=O) groups excluding carboxylic acids is 1. The highest BCUT2D eigenvalue weighted by Crippen LogP contribution is 2.35. The molecule has 8 heteroatoms. The van der Waals surface area contributed by atoms with E-state index in [0.29, 0.717) is 23.7 Å². The van der Waals surface area contributed by atoms with Crippen molar-refractivity contribution in [3.05, 3.63) is 90.5 Å². The molecule has 0 fully saturated rings. The van der Waals surface area contributed by atoms with Gasteiger partial charge in [-0.1, -0.05) is 59.1 Å². The van der Waals surface area contributed by atoms with Crippen LogP contribution < -0.4 is 14.8 Å². The predicted molar refractivity (Wildman–Crippen MR) is 140 cm³/mol. The van der Waals surface area contributed by atoms with E-state index in [0.717, 1.165) is 9.13 Å². The minimum Gasteiger partial charge on any atom is -0.493 e. The zero-order valence-corrected chi connectivity index (χ0v) is 21.5. The number of amides is 1. The number of para-hydroxylation sites is 1. The average Bonchev–Trinajstić information content (AvgIpc) is 2.79. The second-order valence-electron chi connectivity index (χ2n) is 7.03. The standard InChI is InChI=1S/C25H19Cl2IN2O3/c1-15-6-8-16(9-7-15)14-33-24-21(28)11-17(12-22(24)32-2)10-18(13-29)25(31)30-23-19(26)4-3-5-20(23)27/h3-12H,14H2,1-2H3,(H,30,31)/b18-10+. The van der Waals surface area contributed by atoms with Crippen LogP contribution in [0.15, 0.2) is 60.2 Å². The van der Waals surface area contributed by atoms with Crippen molar-refractivity contribution >= 4 is 63.5 Å². The van der Waals surface area contributed by atoms with Gasteiger partial charge in [0, 0.05) is 0 Å². The first kappa shape index (κ1) is 24.9. The van der Waals surface area contributed by atoms with Gasteiger partial charge in [-0.3, -0.25) is 4.79 Å². The number of nitriles is 1. The molecule has 168 valence electrons. The number of nitrogens with zero attached hydrogens (tertiary/aromatic N) is 1. The molecule has 0 aliphatic rings. The molecule has 5 nitrogen and oxygen atoms in total. The van der Waals surface area contributed by atoms with Crippen molar-refractivity contribution in [1.29, 1.82) is 5.26 Å². The molecule has 3 aromatic carbocycles. The van der Waals surface area contributed by atoms with Gasteiger partial charge in [0.15, 0.2) is 11.5 Å². The van der Waals surface area contributed by atoms with Crippen molar-refractivity contribution in [3.63, 3.8) is 0 Å². The third kappa shape index (κ3) is 6.41. The van der Waals surface area contributed by atoms with E-state index in [1.807, 2.05) is 37.3 Å². The third-order valence-electron chi connectivity index (χ3n) is 4.63. The summed E-state index contributed by atoms with van der Waals surface area (Å²) in [7, 11) is 1.54. The fourth-order valence-electron chi connectivity index (χ4n) is 2.92. The van der Waals surface area contributed by atoms with E-state index in [4.69, 9.17) is 32.7 Å². The smallest absolute Gasteiger partial charge is 0.266 e. The van der Waals surface area contributed by atoms with Crippen molar-refractivity contribution in [3.8, 4) is 17.6 Å². The summed E-state index contributed by atoms with van der Waals surface area (Å²) in [6, 6.07) is 18.4. The Morgan fingerprint density at radius 2 is 1.82 bits per heavy atom. The Labute approximate surface area is 216 Å². The van der Waals surface area contributed by atoms with E-state index in [-0.39, 0.29) is 21.3 Å². The van der Waals surface area contributed by atoms with Crippen LogP contribution in [0.1, 0.15) is 16.7 Å². The maximum atomic E-state index is 12.7. The highest BCUT2D eigenvalue weighted by Gasteiger charge is 2.16. The van der Waals surface area contributed by atoms with Gasteiger partial charge in [-0.05, 0) is 71.0 Å². The Kier molecular flexibility index (Phi) is 8.61. The molecule has 0 saturated carbocycles. The molecular formula is C25H19Cl2IN2O3. The first-order valence-corrected chi connectivity index (χ1v) is 11.6. The van der Waals surface area contributed by atoms with E-state index in [9.17, 15) is 10.1 Å². The third-order valence-corrected chi connectivity index (χ3v) is 6.06. The fourth-order valence-corrected chi connectivity index (χ4v) is 4.19. The minimum atomic E-state index is -0.624. The Balaban J connectivity index is 1.84. The Morgan fingerprint density at radius 1 is 1.15 bits per heavy atom. The van der Waals surface area contributed by atoms with Gasteiger partial charge in [0.1, 0.15) is 18.2 Å². The van der Waals surface area contributed by atoms with Gasteiger partial charge in [-0.15, -0.1) is 0 Å². The topological polar surface area (TPSA) is 71.3 Å². The molecule has 1 amide bonds. The van der Waals surface area contributed by atoms with Crippen LogP contribution in [0.3, 0.4) is 0 Å². The molecule has 0 saturated heterocycles. The molecular weight excluding hydrogens is 574 g/mol. The molecule has 3 rings (SSSR count). The number of hydrogen-bond acceptors (Lipinski definition) is 4. The predicted octanol–water partition coefficient (Wildman–Crippen LogP) is 7.04. The number of rotatable bonds is 7. The van der Waals surface area contributed by atoms with Gasteiger partial charge < -0.3 is 14.8 Å². The molecule has 0 aliphatic heterocycles. The van der Waals surface area contributed by atoms with E-state index in [1.165, 1.54) is 18.7 Å². The average molecular weight is 593 g/mol. The van der Waals surface area contributed by atoms with E-state index < -0.39 is 5.91 Å². The van der Waals surface area contributed by atoms with Gasteiger partial charge in [0.25, 0.3) is 5.91 Å². The first-order chi connectivity index (χ1) is 15.8. The minimum absolute atomic E-state index is 0.114. The lowest BCUT2D eigenvalue weighted by Crippen LogP contribution is -2.14. The number of benzene rings is 3. The molecule has 0 aromatic heterocycles. The second-order valence-corrected chi connectivity index (χ2v) is 9.01. The maximum absolute atomic E-state index is 12.7. The van der Waals surface area contributed by atoms with Crippen LogP contribution >= 0.6 is 45.8 Å². The highest BCUT2D eigenvalue weighted by atomic mass is 127. The SMILES string of the molecule is COc1cc(/C=C(\C#N)C(=O)Nc2c(Cl)cccc2Cl)cc(I)c1OCc1ccc(C)cc1. The molecule has 0 atom stereocenters. The van der Waals surface area contributed by atoms with Crippen molar-refractivity contribution in [2.24, 2.45) is 0 Å². The number of ether oxygens (including phenoxy) is 2. The first-order valence-electron chi connectivity index (χ1n) is 9.75. The number of nitrogens with one attached hydrogen (secondary N) is 1. The van der Waals surface area contributed by atoms with Gasteiger partial charge >= 0.3 is 0 Å². The largest absolute Gasteiger partial charge is 0.493 e. The summed E-state index contributed by atoms with van der Waals surface area (Å²) in [5, 5.41) is 12.7. The summed E-state index contributed by atoms with van der Waals surface area (Å²) >= 11 is 14.4. The van der Waals surface area contributed by atoms with Gasteiger partial charge in [-0.25, -0.2) is 0 Å². The van der Waals surface area contributed by atoms with Gasteiger partial charge in [-0.2, -0.15) is 5.26 Å². The quantitative estimate of drug-likeness (QED) is 0.181. The van der Waals surface area contributed by atoms with E-state index in [1.54, 1.807) is 30.3 Å². The maximum Gasteiger partial charge on any atom is 0.266 e. The van der Waals surface area contributed by atoms with Crippen molar-refractivity contribution < 1.29 is 14.3 Å². The summed E-state index contributed by atoms with van der Waals surface area (Å²) in [6.45, 7) is 2.41. The van der Waals surface area contributed by atoms with Crippen molar-refractivity contribution in [1.82, 2.24) is 0 Å². The molecule has 1 N–H and O–H groups in total. The highest BCUT2D eigenvalue weighted by molar-refractivity contribution is 14.1. The fraction of sp³-hybridized carbons (Fsp3) is 0.120. The summed E-state index contributed by atoms with van der Waals surface area (Å²) < 4.78 is 12.3. The Bertz CT molecular complexity index is 1230. The lowest BCUT2D eigenvalue weighted by atomic mass is 10.1. The van der Waals surface area contributed by atoms with Crippen molar-refractivity contribution in [2.45, 2.75) is 13.5 Å². The van der Waals surface area contributed by atoms with E-state index >= 15 is 0 Å². The normalized spacial score (nSPS) is 11.0.